The van der Waals surface area contributed by atoms with Crippen molar-refractivity contribution in [2.45, 2.75) is 19.4 Å². The minimum Gasteiger partial charge on any atom is -0.449 e. The summed E-state index contributed by atoms with van der Waals surface area (Å²) in [6.45, 7) is 2.77. The molecule has 0 unspecified atom stereocenters. The molecule has 1 aromatic carbocycles. The van der Waals surface area contributed by atoms with Crippen molar-refractivity contribution < 1.29 is 14.3 Å². The summed E-state index contributed by atoms with van der Waals surface area (Å²) in [6.07, 6.45) is 0.184. The van der Waals surface area contributed by atoms with E-state index in [4.69, 9.17) is 16.0 Å². The average Bonchev–Trinajstić information content (AvgIpc) is 2.95. The molecule has 4 nitrogen and oxygen atoms in total. The molecule has 1 aliphatic heterocycles. The van der Waals surface area contributed by atoms with Crippen molar-refractivity contribution in [3.05, 3.63) is 34.5 Å². The highest BCUT2D eigenvalue weighted by Gasteiger charge is 2.29. The molecule has 1 saturated heterocycles. The van der Waals surface area contributed by atoms with Crippen molar-refractivity contribution in [3.63, 3.8) is 0 Å². The van der Waals surface area contributed by atoms with Gasteiger partial charge in [0.1, 0.15) is 0 Å². The Morgan fingerprint density at radius 1 is 1.53 bits per heavy atom. The molecule has 1 fully saturated rings. The Hall–Kier alpha value is -1.52. The molecule has 5 heteroatoms. The van der Waals surface area contributed by atoms with E-state index in [-0.39, 0.29) is 5.91 Å². The van der Waals surface area contributed by atoms with Crippen LogP contribution >= 0.6 is 11.6 Å². The summed E-state index contributed by atoms with van der Waals surface area (Å²) in [7, 11) is 0. The van der Waals surface area contributed by atoms with Gasteiger partial charge in [-0.25, -0.2) is 0 Å². The first kappa shape index (κ1) is 12.5. The Morgan fingerprint density at radius 2 is 2.32 bits per heavy atom. The molecule has 0 spiro atoms. The lowest BCUT2D eigenvalue weighted by molar-refractivity contribution is 0.0735. The predicted molar refractivity (Wildman–Crippen MR) is 72.5 cm³/mol. The van der Waals surface area contributed by atoms with Crippen LogP contribution in [0.1, 0.15) is 22.5 Å². The molecule has 1 amide bonds. The first-order valence-electron chi connectivity index (χ1n) is 6.23. The van der Waals surface area contributed by atoms with Crippen LogP contribution in [0.25, 0.3) is 11.0 Å². The lowest BCUT2D eigenvalue weighted by Gasteiger charge is -2.13. The molecule has 1 aliphatic rings. The first-order valence-corrected chi connectivity index (χ1v) is 6.60. The zero-order chi connectivity index (χ0) is 13.6. The molecule has 3 rings (SSSR count). The molecule has 0 saturated carbocycles. The quantitative estimate of drug-likeness (QED) is 0.873. The van der Waals surface area contributed by atoms with Gasteiger partial charge in [0.25, 0.3) is 5.91 Å². The Balaban J connectivity index is 2.03. The Bertz CT molecular complexity index is 649. The Kier molecular flexibility index (Phi) is 2.99. The second-order valence-electron chi connectivity index (χ2n) is 4.87. The highest BCUT2D eigenvalue weighted by atomic mass is 35.5. The second kappa shape index (κ2) is 4.54. The van der Waals surface area contributed by atoms with Crippen LogP contribution in [0.4, 0.5) is 0 Å². The number of carbonyl (C=O) groups excluding carboxylic acids is 1. The number of amides is 1. The van der Waals surface area contributed by atoms with E-state index < -0.39 is 6.10 Å². The van der Waals surface area contributed by atoms with Crippen LogP contribution < -0.4 is 0 Å². The highest BCUT2D eigenvalue weighted by molar-refractivity contribution is 6.35. The summed E-state index contributed by atoms with van der Waals surface area (Å²) >= 11 is 6.07. The van der Waals surface area contributed by atoms with E-state index in [1.165, 1.54) is 0 Å². The zero-order valence-electron chi connectivity index (χ0n) is 10.5. The van der Waals surface area contributed by atoms with Crippen LogP contribution in [-0.4, -0.2) is 35.1 Å². The number of nitrogens with zero attached hydrogens (tertiary/aromatic N) is 1. The predicted octanol–water partition coefficient (Wildman–Crippen LogP) is 2.60. The smallest absolute Gasteiger partial charge is 0.289 e. The van der Waals surface area contributed by atoms with Gasteiger partial charge in [0.05, 0.1) is 11.1 Å². The van der Waals surface area contributed by atoms with E-state index in [1.54, 1.807) is 11.0 Å². The maximum atomic E-state index is 12.4. The lowest BCUT2D eigenvalue weighted by atomic mass is 10.1. The summed E-state index contributed by atoms with van der Waals surface area (Å²) in [6, 6.07) is 5.46. The van der Waals surface area contributed by atoms with Gasteiger partial charge in [0, 0.05) is 24.0 Å². The maximum absolute atomic E-state index is 12.4. The van der Waals surface area contributed by atoms with E-state index in [0.717, 1.165) is 10.9 Å². The van der Waals surface area contributed by atoms with Gasteiger partial charge in [-0.2, -0.15) is 0 Å². The summed E-state index contributed by atoms with van der Waals surface area (Å²) in [4.78, 5) is 14.0. The topological polar surface area (TPSA) is 53.7 Å². The number of β-amino-alcohol motifs (C(OH)–C–C–N with tert-alkyl or cyclic N) is 1. The van der Waals surface area contributed by atoms with Crippen LogP contribution in [-0.2, 0) is 0 Å². The van der Waals surface area contributed by atoms with E-state index in [0.29, 0.717) is 35.9 Å². The number of rotatable bonds is 1. The van der Waals surface area contributed by atoms with Crippen LogP contribution in [0.5, 0.6) is 0 Å². The number of fused-ring (bicyclic) bond motifs is 1. The summed E-state index contributed by atoms with van der Waals surface area (Å²) < 4.78 is 5.63. The number of carbonyl (C=O) groups is 1. The fourth-order valence-electron chi connectivity index (χ4n) is 2.48. The molecule has 1 N–H and O–H groups in total. The number of furan rings is 1. The summed E-state index contributed by atoms with van der Waals surface area (Å²) in [5.41, 5.74) is 1.34. The SMILES string of the molecule is Cc1c(C(=O)N2CC[C@@H](O)C2)oc2c(Cl)cccc12. The highest BCUT2D eigenvalue weighted by Crippen LogP contribution is 2.31. The van der Waals surface area contributed by atoms with Crippen LogP contribution in [0, 0.1) is 6.92 Å². The maximum Gasteiger partial charge on any atom is 0.289 e. The van der Waals surface area contributed by atoms with E-state index in [9.17, 15) is 9.90 Å². The lowest BCUT2D eigenvalue weighted by Crippen LogP contribution is -2.29. The van der Waals surface area contributed by atoms with Gasteiger partial charge in [-0.15, -0.1) is 0 Å². The zero-order valence-corrected chi connectivity index (χ0v) is 11.3. The van der Waals surface area contributed by atoms with Gasteiger partial charge < -0.3 is 14.4 Å². The molecule has 1 aromatic heterocycles. The minimum atomic E-state index is -0.433. The van der Waals surface area contributed by atoms with Crippen molar-refractivity contribution in [1.29, 1.82) is 0 Å². The number of halogens is 1. The Labute approximate surface area is 115 Å². The molecule has 0 radical (unpaired) electrons. The van der Waals surface area contributed by atoms with Gasteiger partial charge in [0.2, 0.25) is 0 Å². The van der Waals surface area contributed by atoms with Crippen molar-refractivity contribution in [1.82, 2.24) is 4.90 Å². The number of para-hydroxylation sites is 1. The van der Waals surface area contributed by atoms with Gasteiger partial charge in [-0.05, 0) is 19.4 Å². The van der Waals surface area contributed by atoms with Crippen LogP contribution in [0.15, 0.2) is 22.6 Å². The molecule has 1 atom stereocenters. The fourth-order valence-corrected chi connectivity index (χ4v) is 2.70. The standard InChI is InChI=1S/C14H14ClNO3/c1-8-10-3-2-4-11(15)13(10)19-12(8)14(18)16-6-5-9(17)7-16/h2-4,9,17H,5-7H2,1H3/t9-/m1/s1. The third kappa shape index (κ3) is 2.01. The Morgan fingerprint density at radius 3 is 2.95 bits per heavy atom. The first-order chi connectivity index (χ1) is 9.08. The van der Waals surface area contributed by atoms with E-state index in [2.05, 4.69) is 0 Å². The molecular weight excluding hydrogens is 266 g/mol. The number of aliphatic hydroxyl groups is 1. The number of aryl methyl sites for hydroxylation is 1. The van der Waals surface area contributed by atoms with Crippen molar-refractivity contribution in [2.24, 2.45) is 0 Å². The van der Waals surface area contributed by atoms with Gasteiger partial charge in [-0.1, -0.05) is 23.7 Å². The molecular formula is C14H14ClNO3. The van der Waals surface area contributed by atoms with Crippen molar-refractivity contribution in [2.75, 3.05) is 13.1 Å². The van der Waals surface area contributed by atoms with Crippen LogP contribution in [0.3, 0.4) is 0 Å². The number of hydrogen-bond donors (Lipinski definition) is 1. The van der Waals surface area contributed by atoms with E-state index in [1.807, 2.05) is 19.1 Å². The summed E-state index contributed by atoms with van der Waals surface area (Å²) in [5, 5.41) is 10.9. The average molecular weight is 280 g/mol. The van der Waals surface area contributed by atoms with Crippen LogP contribution in [0.2, 0.25) is 5.02 Å². The molecule has 0 bridgehead atoms. The van der Waals surface area contributed by atoms with Gasteiger partial charge >= 0.3 is 0 Å². The number of likely N-dealkylation sites (tertiary alicyclic amines) is 1. The monoisotopic (exact) mass is 279 g/mol. The van der Waals surface area contributed by atoms with Crippen molar-refractivity contribution >= 4 is 28.5 Å². The third-order valence-electron chi connectivity index (χ3n) is 3.56. The number of benzene rings is 1. The molecule has 2 heterocycles. The van der Waals surface area contributed by atoms with Gasteiger partial charge in [-0.3, -0.25) is 4.79 Å². The molecule has 2 aromatic rings. The molecule has 0 aliphatic carbocycles. The minimum absolute atomic E-state index is 0.179. The third-order valence-corrected chi connectivity index (χ3v) is 3.86. The number of aliphatic hydroxyl groups excluding tert-OH is 1. The number of hydrogen-bond acceptors (Lipinski definition) is 3. The summed E-state index contributed by atoms with van der Waals surface area (Å²) in [5.74, 6) is 0.138. The molecule has 19 heavy (non-hydrogen) atoms. The second-order valence-corrected chi connectivity index (χ2v) is 5.27. The molecule has 100 valence electrons. The van der Waals surface area contributed by atoms with E-state index >= 15 is 0 Å². The fraction of sp³-hybridized carbons (Fsp3) is 0.357. The van der Waals surface area contributed by atoms with Gasteiger partial charge in [0.15, 0.2) is 11.3 Å². The largest absolute Gasteiger partial charge is 0.449 e. The van der Waals surface area contributed by atoms with Crippen molar-refractivity contribution in [3.8, 4) is 0 Å². The normalized spacial score (nSPS) is 19.3.